The Kier molecular flexibility index (Phi) is 7.34. The molecule has 2 aromatic rings. The predicted octanol–water partition coefficient (Wildman–Crippen LogP) is 4.47. The SMILES string of the molecule is CCN1CCC[C@@H]1CNc1nc([N]c2ccccc2)nc(NC2CCCCCC2)n1. The Morgan fingerprint density at radius 2 is 1.70 bits per heavy atom. The molecule has 0 bridgehead atoms. The van der Waals surface area contributed by atoms with Gasteiger partial charge in [0.25, 0.3) is 5.95 Å². The average molecular weight is 409 g/mol. The van der Waals surface area contributed by atoms with Crippen molar-refractivity contribution < 1.29 is 0 Å². The number of nitrogens with zero attached hydrogens (tertiary/aromatic N) is 5. The van der Waals surface area contributed by atoms with Gasteiger partial charge >= 0.3 is 0 Å². The van der Waals surface area contributed by atoms with Crippen molar-refractivity contribution in [3.8, 4) is 0 Å². The van der Waals surface area contributed by atoms with Gasteiger partial charge in [-0.05, 0) is 50.9 Å². The molecular weight excluding hydrogens is 374 g/mol. The summed E-state index contributed by atoms with van der Waals surface area (Å²) in [5.41, 5.74) is 0.850. The lowest BCUT2D eigenvalue weighted by molar-refractivity contribution is 0.277. The van der Waals surface area contributed by atoms with E-state index < -0.39 is 0 Å². The van der Waals surface area contributed by atoms with Crippen molar-refractivity contribution in [2.45, 2.75) is 70.4 Å². The molecule has 0 amide bonds. The maximum Gasteiger partial charge on any atom is 0.256 e. The molecule has 7 nitrogen and oxygen atoms in total. The average Bonchev–Trinajstić information content (AvgIpc) is 3.08. The molecule has 1 aliphatic heterocycles. The van der Waals surface area contributed by atoms with Crippen LogP contribution >= 0.6 is 0 Å². The van der Waals surface area contributed by atoms with E-state index in [1.807, 2.05) is 30.3 Å². The molecule has 30 heavy (non-hydrogen) atoms. The number of hydrogen-bond acceptors (Lipinski definition) is 6. The third-order valence-electron chi connectivity index (χ3n) is 6.20. The molecule has 2 aliphatic rings. The highest BCUT2D eigenvalue weighted by molar-refractivity contribution is 5.46. The van der Waals surface area contributed by atoms with Crippen molar-refractivity contribution in [3.63, 3.8) is 0 Å². The minimum atomic E-state index is 0.428. The van der Waals surface area contributed by atoms with Gasteiger partial charge in [-0.25, -0.2) is 5.32 Å². The van der Waals surface area contributed by atoms with Crippen LogP contribution in [0.1, 0.15) is 58.3 Å². The topological polar surface area (TPSA) is 80.1 Å². The molecule has 4 rings (SSSR count). The standard InChI is InChI=1S/C23H34N7/c1-2-30-16-10-15-20(30)17-24-21-27-22(25-18-11-6-3-4-7-12-18)29-23(28-21)26-19-13-8-5-9-14-19/h5,8-9,13-14,18,20H,2-4,6-7,10-12,15-17H2,1H3,(H2,24,25,27,28,29)/t20-/m1/s1. The van der Waals surface area contributed by atoms with Crippen molar-refractivity contribution in [2.24, 2.45) is 0 Å². The van der Waals surface area contributed by atoms with Crippen molar-refractivity contribution >= 4 is 23.5 Å². The highest BCUT2D eigenvalue weighted by atomic mass is 15.3. The summed E-state index contributed by atoms with van der Waals surface area (Å²) < 4.78 is 0. The number of benzene rings is 1. The van der Waals surface area contributed by atoms with Gasteiger partial charge in [-0.15, -0.1) is 0 Å². The van der Waals surface area contributed by atoms with Crippen LogP contribution in [0.4, 0.5) is 23.5 Å². The Morgan fingerprint density at radius 3 is 2.47 bits per heavy atom. The summed E-state index contributed by atoms with van der Waals surface area (Å²) in [6, 6.07) is 10.8. The maximum absolute atomic E-state index is 4.69. The van der Waals surface area contributed by atoms with Crippen molar-refractivity contribution in [1.82, 2.24) is 25.2 Å². The van der Waals surface area contributed by atoms with E-state index in [-0.39, 0.29) is 0 Å². The lowest BCUT2D eigenvalue weighted by atomic mass is 10.1. The Hall–Kier alpha value is -2.41. The fourth-order valence-corrected chi connectivity index (χ4v) is 4.53. The molecule has 1 aromatic carbocycles. The smallest absolute Gasteiger partial charge is 0.256 e. The van der Waals surface area contributed by atoms with E-state index in [2.05, 4.69) is 42.7 Å². The van der Waals surface area contributed by atoms with Crippen molar-refractivity contribution in [2.75, 3.05) is 30.3 Å². The zero-order valence-corrected chi connectivity index (χ0v) is 18.1. The zero-order valence-electron chi connectivity index (χ0n) is 18.1. The van der Waals surface area contributed by atoms with Crippen LogP contribution in [0, 0.1) is 0 Å². The van der Waals surface area contributed by atoms with E-state index in [0.717, 1.165) is 18.8 Å². The normalized spacial score (nSPS) is 20.6. The van der Waals surface area contributed by atoms with Crippen LogP contribution in [-0.2, 0) is 0 Å². The zero-order chi connectivity index (χ0) is 20.6. The molecule has 2 N–H and O–H groups in total. The van der Waals surface area contributed by atoms with E-state index in [0.29, 0.717) is 29.9 Å². The number of likely N-dealkylation sites (tertiary alicyclic amines) is 1. The number of nitrogens with one attached hydrogen (secondary N) is 2. The Balaban J connectivity index is 1.49. The van der Waals surface area contributed by atoms with Crippen LogP contribution in [-0.4, -0.2) is 51.6 Å². The summed E-state index contributed by atoms with van der Waals surface area (Å²) in [6.45, 7) is 5.36. The van der Waals surface area contributed by atoms with Crippen LogP contribution in [0.25, 0.3) is 0 Å². The molecule has 1 aliphatic carbocycles. The number of likely N-dealkylation sites (N-methyl/N-ethyl adjacent to an activating group) is 1. The molecule has 2 fully saturated rings. The third-order valence-corrected chi connectivity index (χ3v) is 6.20. The van der Waals surface area contributed by atoms with Crippen LogP contribution in [0.2, 0.25) is 0 Å². The lowest BCUT2D eigenvalue weighted by Gasteiger charge is -2.23. The molecule has 1 atom stereocenters. The number of anilines is 2. The second-order valence-corrected chi connectivity index (χ2v) is 8.37. The summed E-state index contributed by atoms with van der Waals surface area (Å²) in [5, 5.41) is 11.7. The molecule has 1 aromatic heterocycles. The second kappa shape index (κ2) is 10.6. The minimum Gasteiger partial charge on any atom is -0.352 e. The fraction of sp³-hybridized carbons (Fsp3) is 0.609. The first kappa shape index (κ1) is 20.8. The summed E-state index contributed by atoms with van der Waals surface area (Å²) in [5.74, 6) is 1.69. The van der Waals surface area contributed by atoms with Crippen molar-refractivity contribution in [3.05, 3.63) is 30.3 Å². The van der Waals surface area contributed by atoms with Crippen LogP contribution in [0.5, 0.6) is 0 Å². The number of para-hydroxylation sites is 1. The molecule has 1 saturated heterocycles. The molecule has 161 valence electrons. The molecule has 0 unspecified atom stereocenters. The molecule has 2 heterocycles. The van der Waals surface area contributed by atoms with Gasteiger partial charge in [-0.2, -0.15) is 15.0 Å². The summed E-state index contributed by atoms with van der Waals surface area (Å²) in [6.07, 6.45) is 10.0. The molecule has 1 saturated carbocycles. The molecule has 1 radical (unpaired) electrons. The predicted molar refractivity (Wildman–Crippen MR) is 122 cm³/mol. The van der Waals surface area contributed by atoms with Gasteiger partial charge in [0.2, 0.25) is 11.9 Å². The Bertz CT molecular complexity index is 774. The summed E-state index contributed by atoms with van der Waals surface area (Å²) >= 11 is 0. The molecule has 0 spiro atoms. The summed E-state index contributed by atoms with van der Waals surface area (Å²) in [4.78, 5) is 16.4. The minimum absolute atomic E-state index is 0.428. The van der Waals surface area contributed by atoms with Gasteiger partial charge in [-0.3, -0.25) is 4.90 Å². The van der Waals surface area contributed by atoms with Gasteiger partial charge in [0.05, 0.1) is 5.69 Å². The monoisotopic (exact) mass is 408 g/mol. The lowest BCUT2D eigenvalue weighted by Crippen LogP contribution is -2.35. The molecule has 7 heteroatoms. The van der Waals surface area contributed by atoms with E-state index in [4.69, 9.17) is 0 Å². The largest absolute Gasteiger partial charge is 0.352 e. The highest BCUT2D eigenvalue weighted by Gasteiger charge is 2.23. The van der Waals surface area contributed by atoms with Crippen LogP contribution in [0.15, 0.2) is 30.3 Å². The van der Waals surface area contributed by atoms with E-state index in [1.165, 1.54) is 57.9 Å². The third kappa shape index (κ3) is 5.81. The van der Waals surface area contributed by atoms with Gasteiger partial charge in [0, 0.05) is 18.6 Å². The number of aromatic nitrogens is 3. The Morgan fingerprint density at radius 1 is 0.933 bits per heavy atom. The van der Waals surface area contributed by atoms with Gasteiger partial charge in [0.15, 0.2) is 0 Å². The second-order valence-electron chi connectivity index (χ2n) is 8.37. The van der Waals surface area contributed by atoms with E-state index in [9.17, 15) is 0 Å². The fourth-order valence-electron chi connectivity index (χ4n) is 4.53. The van der Waals surface area contributed by atoms with Gasteiger partial charge in [0.1, 0.15) is 0 Å². The number of rotatable bonds is 8. The van der Waals surface area contributed by atoms with Gasteiger partial charge in [-0.1, -0.05) is 50.8 Å². The molecular formula is C23H34N7. The number of hydrogen-bond donors (Lipinski definition) is 2. The first-order valence-corrected chi connectivity index (χ1v) is 11.6. The van der Waals surface area contributed by atoms with Crippen molar-refractivity contribution in [1.29, 1.82) is 0 Å². The highest BCUT2D eigenvalue weighted by Crippen LogP contribution is 2.22. The Labute approximate surface area is 180 Å². The summed E-state index contributed by atoms with van der Waals surface area (Å²) in [7, 11) is 0. The van der Waals surface area contributed by atoms with E-state index in [1.54, 1.807) is 0 Å². The quantitative estimate of drug-likeness (QED) is 0.627. The first-order valence-electron chi connectivity index (χ1n) is 11.6. The van der Waals surface area contributed by atoms with Gasteiger partial charge < -0.3 is 10.6 Å². The van der Waals surface area contributed by atoms with E-state index >= 15 is 0 Å². The first-order chi connectivity index (χ1) is 14.8. The van der Waals surface area contributed by atoms with Crippen LogP contribution in [0.3, 0.4) is 0 Å². The maximum atomic E-state index is 4.69. The van der Waals surface area contributed by atoms with Crippen LogP contribution < -0.4 is 16.0 Å².